The number of carbonyl (C=O) groups excluding carboxylic acids is 2. The smallest absolute Gasteiger partial charge is 0.343 e. The molecule has 4 aromatic rings. The average molecular weight is 473 g/mol. The van der Waals surface area contributed by atoms with Crippen molar-refractivity contribution in [3.8, 4) is 11.5 Å². The van der Waals surface area contributed by atoms with Crippen LogP contribution >= 0.6 is 11.6 Å². The van der Waals surface area contributed by atoms with E-state index in [9.17, 15) is 9.59 Å². The summed E-state index contributed by atoms with van der Waals surface area (Å²) in [4.78, 5) is 24.9. The van der Waals surface area contributed by atoms with Gasteiger partial charge < -0.3 is 9.47 Å². The zero-order chi connectivity index (χ0) is 23.9. The Bertz CT molecular complexity index is 1350. The average Bonchev–Trinajstić information content (AvgIpc) is 2.85. The summed E-state index contributed by atoms with van der Waals surface area (Å²) in [6.45, 7) is 1.65. The van der Waals surface area contributed by atoms with E-state index in [0.29, 0.717) is 27.6 Å². The minimum atomic E-state index is -0.777. The molecular weight excluding hydrogens is 452 g/mol. The van der Waals surface area contributed by atoms with Crippen LogP contribution in [0.4, 0.5) is 0 Å². The zero-order valence-electron chi connectivity index (χ0n) is 18.3. The third-order valence-corrected chi connectivity index (χ3v) is 5.25. The molecule has 0 aliphatic heterocycles. The molecule has 4 aromatic carbocycles. The first kappa shape index (κ1) is 23.0. The number of carbonyl (C=O) groups is 2. The molecule has 0 fully saturated rings. The van der Waals surface area contributed by atoms with Crippen molar-refractivity contribution in [2.75, 3.05) is 0 Å². The maximum absolute atomic E-state index is 12.5. The van der Waals surface area contributed by atoms with Crippen LogP contribution in [0.1, 0.15) is 22.8 Å². The number of para-hydroxylation sites is 1. The predicted molar refractivity (Wildman–Crippen MR) is 133 cm³/mol. The van der Waals surface area contributed by atoms with Crippen molar-refractivity contribution < 1.29 is 19.1 Å². The summed E-state index contributed by atoms with van der Waals surface area (Å²) in [6, 6.07) is 26.7. The molecule has 0 radical (unpaired) electrons. The number of ether oxygens (including phenoxy) is 2. The number of nitrogens with zero attached hydrogens (tertiary/aromatic N) is 1. The van der Waals surface area contributed by atoms with E-state index >= 15 is 0 Å². The number of esters is 1. The molecule has 7 heteroatoms. The summed E-state index contributed by atoms with van der Waals surface area (Å²) < 4.78 is 11.3. The molecule has 0 heterocycles. The lowest BCUT2D eigenvalue weighted by molar-refractivity contribution is -0.127. The van der Waals surface area contributed by atoms with Crippen LogP contribution in [0.3, 0.4) is 0 Å². The number of rotatable bonds is 7. The van der Waals surface area contributed by atoms with Gasteiger partial charge in [0, 0.05) is 16.0 Å². The van der Waals surface area contributed by atoms with E-state index in [4.69, 9.17) is 21.1 Å². The second-order valence-corrected chi connectivity index (χ2v) is 7.84. The number of benzene rings is 4. The Labute approximate surface area is 201 Å². The maximum atomic E-state index is 12.5. The topological polar surface area (TPSA) is 77.0 Å². The molecule has 4 rings (SSSR count). The fourth-order valence-electron chi connectivity index (χ4n) is 3.22. The molecule has 0 aromatic heterocycles. The maximum Gasteiger partial charge on any atom is 0.343 e. The number of amides is 1. The second-order valence-electron chi connectivity index (χ2n) is 7.41. The highest BCUT2D eigenvalue weighted by Gasteiger charge is 2.16. The van der Waals surface area contributed by atoms with Crippen molar-refractivity contribution in [2.24, 2.45) is 5.10 Å². The molecule has 1 atom stereocenters. The lowest BCUT2D eigenvalue weighted by atomic mass is 10.1. The molecule has 1 N–H and O–H groups in total. The second kappa shape index (κ2) is 10.6. The Morgan fingerprint density at radius 2 is 1.56 bits per heavy atom. The molecule has 0 aliphatic rings. The van der Waals surface area contributed by atoms with Crippen molar-refractivity contribution in [2.45, 2.75) is 13.0 Å². The van der Waals surface area contributed by atoms with Gasteiger partial charge in [-0.2, -0.15) is 5.10 Å². The van der Waals surface area contributed by atoms with Gasteiger partial charge in [0.1, 0.15) is 11.5 Å². The number of hydrogen-bond acceptors (Lipinski definition) is 5. The van der Waals surface area contributed by atoms with Gasteiger partial charge in [0.05, 0.1) is 11.8 Å². The highest BCUT2D eigenvalue weighted by Crippen LogP contribution is 2.26. The lowest BCUT2D eigenvalue weighted by Gasteiger charge is -2.14. The SMILES string of the molecule is C[C@H](Oc1cccc2ccccc12)C(=O)N/N=C\c1ccccc1OC(=O)c1ccc(Cl)cc1. The van der Waals surface area contributed by atoms with E-state index in [-0.39, 0.29) is 0 Å². The fourth-order valence-corrected chi connectivity index (χ4v) is 3.35. The van der Waals surface area contributed by atoms with Crippen molar-refractivity contribution >= 4 is 40.5 Å². The van der Waals surface area contributed by atoms with E-state index in [1.165, 1.54) is 6.21 Å². The molecule has 0 saturated heterocycles. The molecule has 0 aliphatic carbocycles. The van der Waals surface area contributed by atoms with Gasteiger partial charge >= 0.3 is 5.97 Å². The Morgan fingerprint density at radius 3 is 2.38 bits per heavy atom. The quantitative estimate of drug-likeness (QED) is 0.164. The summed E-state index contributed by atoms with van der Waals surface area (Å²) in [6.07, 6.45) is 0.633. The summed E-state index contributed by atoms with van der Waals surface area (Å²) >= 11 is 5.86. The minimum Gasteiger partial charge on any atom is -0.480 e. The number of hydrogen-bond donors (Lipinski definition) is 1. The van der Waals surface area contributed by atoms with Crippen molar-refractivity contribution in [3.05, 3.63) is 107 Å². The highest BCUT2D eigenvalue weighted by atomic mass is 35.5. The van der Waals surface area contributed by atoms with Gasteiger partial charge in [0.15, 0.2) is 6.10 Å². The fraction of sp³-hybridized carbons (Fsp3) is 0.0741. The third-order valence-electron chi connectivity index (χ3n) is 5.00. The normalized spacial score (nSPS) is 11.8. The summed E-state index contributed by atoms with van der Waals surface area (Å²) in [5.74, 6) is -0.0248. The Balaban J connectivity index is 1.39. The van der Waals surface area contributed by atoms with E-state index in [1.54, 1.807) is 55.5 Å². The standard InChI is InChI=1S/C27H21ClN2O4/c1-18(33-25-12-6-9-19-7-2-4-10-23(19)25)26(31)30-29-17-21-8-3-5-11-24(21)34-27(32)20-13-15-22(28)16-14-20/h2-18H,1H3,(H,30,31)/b29-17-/t18-/m0/s1. The summed E-state index contributed by atoms with van der Waals surface area (Å²) in [5.41, 5.74) is 3.35. The molecule has 6 nitrogen and oxygen atoms in total. The predicted octanol–water partition coefficient (Wildman–Crippen LogP) is 5.63. The molecule has 170 valence electrons. The van der Waals surface area contributed by atoms with Crippen molar-refractivity contribution in [3.63, 3.8) is 0 Å². The van der Waals surface area contributed by atoms with Gasteiger partial charge in [-0.1, -0.05) is 60.1 Å². The molecule has 0 saturated carbocycles. The first-order valence-electron chi connectivity index (χ1n) is 10.6. The van der Waals surface area contributed by atoms with Crippen LogP contribution in [0.5, 0.6) is 11.5 Å². The molecule has 0 unspecified atom stereocenters. The summed E-state index contributed by atoms with van der Waals surface area (Å²) in [5, 5.41) is 6.48. The van der Waals surface area contributed by atoms with Gasteiger partial charge in [-0.05, 0) is 54.8 Å². The van der Waals surface area contributed by atoms with Gasteiger partial charge in [-0.25, -0.2) is 10.2 Å². The van der Waals surface area contributed by atoms with E-state index in [1.807, 2.05) is 42.5 Å². The van der Waals surface area contributed by atoms with Crippen LogP contribution in [0.25, 0.3) is 10.8 Å². The van der Waals surface area contributed by atoms with Crippen molar-refractivity contribution in [1.82, 2.24) is 5.43 Å². The molecule has 0 spiro atoms. The van der Waals surface area contributed by atoms with Crippen LogP contribution in [-0.4, -0.2) is 24.2 Å². The Kier molecular flexibility index (Phi) is 7.20. The van der Waals surface area contributed by atoms with Crippen LogP contribution in [-0.2, 0) is 4.79 Å². The first-order chi connectivity index (χ1) is 16.5. The van der Waals surface area contributed by atoms with E-state index < -0.39 is 18.0 Å². The minimum absolute atomic E-state index is 0.306. The number of halogens is 1. The van der Waals surface area contributed by atoms with Crippen molar-refractivity contribution in [1.29, 1.82) is 0 Å². The largest absolute Gasteiger partial charge is 0.480 e. The van der Waals surface area contributed by atoms with Crippen LogP contribution in [0.15, 0.2) is 96.1 Å². The molecule has 1 amide bonds. The third kappa shape index (κ3) is 5.60. The number of nitrogens with one attached hydrogen (secondary N) is 1. The van der Waals surface area contributed by atoms with Crippen LogP contribution in [0.2, 0.25) is 5.02 Å². The van der Waals surface area contributed by atoms with Gasteiger partial charge in [0.25, 0.3) is 5.91 Å². The monoisotopic (exact) mass is 472 g/mol. The van der Waals surface area contributed by atoms with Gasteiger partial charge in [0.2, 0.25) is 0 Å². The zero-order valence-corrected chi connectivity index (χ0v) is 19.0. The Morgan fingerprint density at radius 1 is 0.882 bits per heavy atom. The lowest BCUT2D eigenvalue weighted by Crippen LogP contribution is -2.33. The highest BCUT2D eigenvalue weighted by molar-refractivity contribution is 6.30. The number of hydrazone groups is 1. The molecule has 34 heavy (non-hydrogen) atoms. The molecular formula is C27H21ClN2O4. The van der Waals surface area contributed by atoms with Gasteiger partial charge in [-0.15, -0.1) is 0 Å². The van der Waals surface area contributed by atoms with E-state index in [0.717, 1.165) is 10.8 Å². The Hall–Kier alpha value is -4.16. The van der Waals surface area contributed by atoms with Gasteiger partial charge in [-0.3, -0.25) is 4.79 Å². The van der Waals surface area contributed by atoms with Crippen LogP contribution in [0, 0.1) is 0 Å². The first-order valence-corrected chi connectivity index (χ1v) is 10.9. The molecule has 0 bridgehead atoms. The van der Waals surface area contributed by atoms with E-state index in [2.05, 4.69) is 10.5 Å². The summed E-state index contributed by atoms with van der Waals surface area (Å²) in [7, 11) is 0. The number of fused-ring (bicyclic) bond motifs is 1. The van der Waals surface area contributed by atoms with Crippen LogP contribution < -0.4 is 14.9 Å².